The van der Waals surface area contributed by atoms with E-state index in [9.17, 15) is 4.79 Å². The molecule has 0 N–H and O–H groups in total. The van der Waals surface area contributed by atoms with E-state index in [4.69, 9.17) is 4.74 Å². The fourth-order valence-corrected chi connectivity index (χ4v) is 2.58. The summed E-state index contributed by atoms with van der Waals surface area (Å²) in [6, 6.07) is 3.73. The molecule has 108 valence electrons. The fourth-order valence-electron chi connectivity index (χ4n) is 2.58. The molecular weight excluding hydrogens is 254 g/mol. The van der Waals surface area contributed by atoms with Crippen LogP contribution in [0, 0.1) is 12.8 Å². The summed E-state index contributed by atoms with van der Waals surface area (Å²) in [5.41, 5.74) is 0.877. The van der Waals surface area contributed by atoms with Crippen molar-refractivity contribution in [2.45, 2.75) is 45.1 Å². The van der Waals surface area contributed by atoms with Gasteiger partial charge in [0.2, 0.25) is 11.8 Å². The molecule has 1 aromatic heterocycles. The van der Waals surface area contributed by atoms with Crippen LogP contribution in [0.5, 0.6) is 5.88 Å². The van der Waals surface area contributed by atoms with Gasteiger partial charge in [0.15, 0.2) is 0 Å². The van der Waals surface area contributed by atoms with Crippen molar-refractivity contribution < 1.29 is 9.53 Å². The molecular formula is C15H21N3O2. The maximum absolute atomic E-state index is 12.1. The Morgan fingerprint density at radius 1 is 1.35 bits per heavy atom. The fraction of sp³-hybridized carbons (Fsp3) is 0.667. The van der Waals surface area contributed by atoms with E-state index >= 15 is 0 Å². The number of hydrogen-bond acceptors (Lipinski definition) is 4. The van der Waals surface area contributed by atoms with Crippen LogP contribution in [0.4, 0.5) is 0 Å². The number of aryl methyl sites for hydroxylation is 1. The number of piperidine rings is 1. The molecule has 0 bridgehead atoms. The van der Waals surface area contributed by atoms with E-state index in [-0.39, 0.29) is 12.0 Å². The van der Waals surface area contributed by atoms with E-state index in [2.05, 4.69) is 10.2 Å². The maximum Gasteiger partial charge on any atom is 0.233 e. The van der Waals surface area contributed by atoms with Crippen LogP contribution in [-0.2, 0) is 4.79 Å². The second kappa shape index (κ2) is 5.77. The van der Waals surface area contributed by atoms with Gasteiger partial charge in [-0.2, -0.15) is 5.10 Å². The largest absolute Gasteiger partial charge is 0.471 e. The van der Waals surface area contributed by atoms with Crippen molar-refractivity contribution in [2.24, 2.45) is 5.92 Å². The lowest BCUT2D eigenvalue weighted by Gasteiger charge is -2.32. The number of rotatable bonds is 4. The summed E-state index contributed by atoms with van der Waals surface area (Å²) in [4.78, 5) is 14.1. The summed E-state index contributed by atoms with van der Waals surface area (Å²) in [6.07, 6.45) is 5.18. The predicted octanol–water partition coefficient (Wildman–Crippen LogP) is 1.95. The highest BCUT2D eigenvalue weighted by atomic mass is 16.5. The molecule has 1 aliphatic carbocycles. The number of nitrogens with zero attached hydrogens (tertiary/aromatic N) is 3. The van der Waals surface area contributed by atoms with Crippen molar-refractivity contribution >= 4 is 5.91 Å². The zero-order chi connectivity index (χ0) is 13.9. The molecule has 3 rings (SSSR count). The summed E-state index contributed by atoms with van der Waals surface area (Å²) in [6.45, 7) is 3.45. The monoisotopic (exact) mass is 275 g/mol. The average Bonchev–Trinajstić information content (AvgIpc) is 3.26. The zero-order valence-corrected chi connectivity index (χ0v) is 11.9. The Morgan fingerprint density at radius 3 is 2.90 bits per heavy atom. The average molecular weight is 275 g/mol. The number of hydrogen-bond donors (Lipinski definition) is 0. The van der Waals surface area contributed by atoms with Gasteiger partial charge < -0.3 is 9.64 Å². The lowest BCUT2D eigenvalue weighted by atomic mass is 10.1. The van der Waals surface area contributed by atoms with Crippen LogP contribution in [0.25, 0.3) is 0 Å². The Kier molecular flexibility index (Phi) is 3.85. The van der Waals surface area contributed by atoms with Gasteiger partial charge >= 0.3 is 0 Å². The molecule has 0 unspecified atom stereocenters. The van der Waals surface area contributed by atoms with E-state index < -0.39 is 0 Å². The van der Waals surface area contributed by atoms with E-state index in [1.807, 2.05) is 24.0 Å². The highest BCUT2D eigenvalue weighted by Gasteiger charge is 2.30. The quantitative estimate of drug-likeness (QED) is 0.843. The van der Waals surface area contributed by atoms with Crippen molar-refractivity contribution in [3.05, 3.63) is 17.8 Å². The highest BCUT2D eigenvalue weighted by Crippen LogP contribution is 2.33. The van der Waals surface area contributed by atoms with Crippen LogP contribution in [-0.4, -0.2) is 40.2 Å². The number of carbonyl (C=O) groups is 1. The summed E-state index contributed by atoms with van der Waals surface area (Å²) in [5.74, 6) is 1.49. The van der Waals surface area contributed by atoms with Crippen LogP contribution in [0.2, 0.25) is 0 Å². The van der Waals surface area contributed by atoms with Gasteiger partial charge in [0.05, 0.1) is 12.2 Å². The molecule has 20 heavy (non-hydrogen) atoms. The molecule has 0 spiro atoms. The number of aromatic nitrogens is 2. The number of likely N-dealkylation sites (tertiary alicyclic amines) is 1. The van der Waals surface area contributed by atoms with Gasteiger partial charge in [0.25, 0.3) is 0 Å². The van der Waals surface area contributed by atoms with Crippen LogP contribution in [0.3, 0.4) is 0 Å². The molecule has 5 nitrogen and oxygen atoms in total. The summed E-state index contributed by atoms with van der Waals surface area (Å²) < 4.78 is 5.84. The van der Waals surface area contributed by atoms with Crippen LogP contribution >= 0.6 is 0 Å². The van der Waals surface area contributed by atoms with Gasteiger partial charge in [-0.25, -0.2) is 0 Å². The molecule has 2 fully saturated rings. The summed E-state index contributed by atoms with van der Waals surface area (Å²) in [5, 5.41) is 8.02. The van der Waals surface area contributed by atoms with Gasteiger partial charge in [-0.15, -0.1) is 5.10 Å². The highest BCUT2D eigenvalue weighted by molar-refractivity contribution is 5.76. The third-order valence-corrected chi connectivity index (χ3v) is 3.95. The number of amides is 1. The van der Waals surface area contributed by atoms with Crippen LogP contribution in [0.1, 0.15) is 37.8 Å². The maximum atomic E-state index is 12.1. The third-order valence-electron chi connectivity index (χ3n) is 3.95. The first-order valence-corrected chi connectivity index (χ1v) is 7.45. The van der Waals surface area contributed by atoms with E-state index in [0.717, 1.165) is 31.5 Å². The van der Waals surface area contributed by atoms with E-state index in [1.54, 1.807) is 0 Å². The summed E-state index contributed by atoms with van der Waals surface area (Å²) >= 11 is 0. The standard InChI is InChI=1S/C15H21N3O2/c1-11-4-7-14(17-16-11)20-13-3-2-8-18(10-13)15(19)9-12-5-6-12/h4,7,12-13H,2-3,5-6,8-10H2,1H3/t13-/m1/s1. The Bertz CT molecular complexity index is 471. The number of carbonyl (C=O) groups excluding carboxylic acids is 1. The molecule has 5 heteroatoms. The Morgan fingerprint density at radius 2 is 2.20 bits per heavy atom. The third kappa shape index (κ3) is 3.46. The van der Waals surface area contributed by atoms with Gasteiger partial charge in [-0.05, 0) is 44.6 Å². The topological polar surface area (TPSA) is 55.3 Å². The first-order valence-electron chi connectivity index (χ1n) is 7.45. The van der Waals surface area contributed by atoms with Crippen LogP contribution < -0.4 is 4.74 Å². The lowest BCUT2D eigenvalue weighted by molar-refractivity contribution is -0.134. The molecule has 2 heterocycles. The first kappa shape index (κ1) is 13.3. The van der Waals surface area contributed by atoms with E-state index in [1.165, 1.54) is 12.8 Å². The minimum atomic E-state index is 0.0453. The normalized spacial score (nSPS) is 22.6. The molecule has 2 aliphatic rings. The van der Waals surface area contributed by atoms with Gasteiger partial charge in [0.1, 0.15) is 6.10 Å². The molecule has 1 saturated carbocycles. The molecule has 1 aromatic rings. The van der Waals surface area contributed by atoms with Gasteiger partial charge in [0, 0.05) is 19.0 Å². The minimum Gasteiger partial charge on any atom is -0.471 e. The van der Waals surface area contributed by atoms with Crippen molar-refractivity contribution in [1.29, 1.82) is 0 Å². The smallest absolute Gasteiger partial charge is 0.233 e. The van der Waals surface area contributed by atoms with E-state index in [0.29, 0.717) is 18.3 Å². The van der Waals surface area contributed by atoms with Crippen molar-refractivity contribution in [3.63, 3.8) is 0 Å². The van der Waals surface area contributed by atoms with Gasteiger partial charge in [-0.3, -0.25) is 4.79 Å². The van der Waals surface area contributed by atoms with Crippen molar-refractivity contribution in [1.82, 2.24) is 15.1 Å². The molecule has 1 amide bonds. The Hall–Kier alpha value is -1.65. The first-order chi connectivity index (χ1) is 9.70. The SMILES string of the molecule is Cc1ccc(O[C@@H]2CCCN(C(=O)CC3CC3)C2)nn1. The molecule has 0 aromatic carbocycles. The minimum absolute atomic E-state index is 0.0453. The molecule has 0 radical (unpaired) electrons. The number of ether oxygens (including phenoxy) is 1. The van der Waals surface area contributed by atoms with Gasteiger partial charge in [-0.1, -0.05) is 0 Å². The molecule has 1 aliphatic heterocycles. The lowest BCUT2D eigenvalue weighted by Crippen LogP contribution is -2.44. The van der Waals surface area contributed by atoms with Crippen molar-refractivity contribution in [3.8, 4) is 5.88 Å². The second-order valence-corrected chi connectivity index (χ2v) is 5.88. The second-order valence-electron chi connectivity index (χ2n) is 5.88. The predicted molar refractivity (Wildman–Crippen MR) is 74.3 cm³/mol. The zero-order valence-electron chi connectivity index (χ0n) is 11.9. The molecule has 1 saturated heterocycles. The Balaban J connectivity index is 1.54. The molecule has 1 atom stereocenters. The Labute approximate surface area is 119 Å². The van der Waals surface area contributed by atoms with Crippen LogP contribution in [0.15, 0.2) is 12.1 Å². The summed E-state index contributed by atoms with van der Waals surface area (Å²) in [7, 11) is 0. The van der Waals surface area contributed by atoms with Crippen molar-refractivity contribution in [2.75, 3.05) is 13.1 Å².